The van der Waals surface area contributed by atoms with Crippen molar-refractivity contribution in [2.24, 2.45) is 0 Å². The molecular weight excluding hydrogens is 344 g/mol. The average molecular weight is 360 g/mol. The van der Waals surface area contributed by atoms with Crippen molar-refractivity contribution in [1.82, 2.24) is 9.97 Å². The van der Waals surface area contributed by atoms with Gasteiger partial charge in [0.25, 0.3) is 5.56 Å². The lowest BCUT2D eigenvalue weighted by Gasteiger charge is -2.14. The molecule has 0 unspecified atom stereocenters. The van der Waals surface area contributed by atoms with Crippen LogP contribution in [0.2, 0.25) is 0 Å². The van der Waals surface area contributed by atoms with E-state index in [0.717, 1.165) is 0 Å². The molecule has 6 heteroatoms. The zero-order valence-corrected chi connectivity index (χ0v) is 14.4. The Bertz CT molecular complexity index is 1210. The number of carboxylic acids is 1. The number of ether oxygens (including phenoxy) is 1. The SMILES string of the molecule is Cc1[nH]cc2c(-c3ccccc3Oc3ccccc3)c(C(=O)O)[nH]c(=O)c12. The van der Waals surface area contributed by atoms with Crippen LogP contribution >= 0.6 is 0 Å². The van der Waals surface area contributed by atoms with Crippen molar-refractivity contribution >= 4 is 16.7 Å². The Morgan fingerprint density at radius 3 is 2.48 bits per heavy atom. The van der Waals surface area contributed by atoms with Crippen molar-refractivity contribution in [2.75, 3.05) is 0 Å². The predicted octanol–water partition coefficient (Wildman–Crippen LogP) is 4.32. The van der Waals surface area contributed by atoms with Gasteiger partial charge >= 0.3 is 5.97 Å². The summed E-state index contributed by atoms with van der Waals surface area (Å²) < 4.78 is 5.99. The minimum absolute atomic E-state index is 0.171. The maximum Gasteiger partial charge on any atom is 0.353 e. The molecule has 0 amide bonds. The van der Waals surface area contributed by atoms with E-state index in [1.54, 1.807) is 31.3 Å². The number of pyridine rings is 1. The summed E-state index contributed by atoms with van der Waals surface area (Å²) in [6, 6.07) is 16.4. The summed E-state index contributed by atoms with van der Waals surface area (Å²) in [5.41, 5.74) is 1.06. The van der Waals surface area contributed by atoms with E-state index in [4.69, 9.17) is 4.74 Å². The molecule has 0 bridgehead atoms. The predicted molar refractivity (Wildman–Crippen MR) is 103 cm³/mol. The Kier molecular flexibility index (Phi) is 4.01. The second-order valence-electron chi connectivity index (χ2n) is 6.12. The molecule has 134 valence electrons. The number of fused-ring (bicyclic) bond motifs is 1. The van der Waals surface area contributed by atoms with E-state index in [1.807, 2.05) is 36.4 Å². The van der Waals surface area contributed by atoms with Crippen molar-refractivity contribution in [3.05, 3.63) is 82.5 Å². The van der Waals surface area contributed by atoms with Crippen LogP contribution in [0, 0.1) is 6.92 Å². The quantitative estimate of drug-likeness (QED) is 0.505. The maximum atomic E-state index is 12.4. The van der Waals surface area contributed by atoms with Crippen LogP contribution in [0.4, 0.5) is 0 Å². The summed E-state index contributed by atoms with van der Waals surface area (Å²) in [6.45, 7) is 1.77. The van der Waals surface area contributed by atoms with Crippen LogP contribution in [0.5, 0.6) is 11.5 Å². The van der Waals surface area contributed by atoms with Crippen molar-refractivity contribution in [1.29, 1.82) is 0 Å². The number of aromatic carboxylic acids is 1. The number of hydrogen-bond acceptors (Lipinski definition) is 3. The second kappa shape index (κ2) is 6.49. The molecule has 0 radical (unpaired) electrons. The molecule has 4 aromatic rings. The highest BCUT2D eigenvalue weighted by molar-refractivity contribution is 6.07. The molecule has 4 rings (SSSR count). The van der Waals surface area contributed by atoms with Gasteiger partial charge in [0.1, 0.15) is 17.2 Å². The van der Waals surface area contributed by atoms with E-state index < -0.39 is 11.5 Å². The molecule has 0 aliphatic heterocycles. The highest BCUT2D eigenvalue weighted by Crippen LogP contribution is 2.38. The van der Waals surface area contributed by atoms with Crippen molar-refractivity contribution in [3.8, 4) is 22.6 Å². The molecular formula is C21H16N2O4. The van der Waals surface area contributed by atoms with Crippen LogP contribution in [0.1, 0.15) is 16.2 Å². The number of rotatable bonds is 4. The Morgan fingerprint density at radius 2 is 1.74 bits per heavy atom. The van der Waals surface area contributed by atoms with E-state index in [2.05, 4.69) is 9.97 Å². The number of carbonyl (C=O) groups is 1. The largest absolute Gasteiger partial charge is 0.477 e. The molecule has 27 heavy (non-hydrogen) atoms. The fourth-order valence-corrected chi connectivity index (χ4v) is 3.21. The van der Waals surface area contributed by atoms with Crippen LogP contribution in [0.15, 0.2) is 65.6 Å². The number of aryl methyl sites for hydroxylation is 1. The summed E-state index contributed by atoms with van der Waals surface area (Å²) >= 11 is 0. The van der Waals surface area contributed by atoms with Gasteiger partial charge in [-0.15, -0.1) is 0 Å². The Balaban J connectivity index is 2.01. The first-order valence-corrected chi connectivity index (χ1v) is 8.36. The van der Waals surface area contributed by atoms with Gasteiger partial charge in [-0.3, -0.25) is 4.79 Å². The molecule has 0 fully saturated rings. The van der Waals surface area contributed by atoms with E-state index >= 15 is 0 Å². The zero-order chi connectivity index (χ0) is 19.0. The lowest BCUT2D eigenvalue weighted by atomic mass is 9.98. The summed E-state index contributed by atoms with van der Waals surface area (Å²) in [4.78, 5) is 29.7. The van der Waals surface area contributed by atoms with Crippen LogP contribution in [0.3, 0.4) is 0 Å². The number of aromatic amines is 2. The van der Waals surface area contributed by atoms with Crippen molar-refractivity contribution < 1.29 is 14.6 Å². The van der Waals surface area contributed by atoms with Gasteiger partial charge in [0.2, 0.25) is 0 Å². The van der Waals surface area contributed by atoms with Gasteiger partial charge in [0.15, 0.2) is 0 Å². The highest BCUT2D eigenvalue weighted by Gasteiger charge is 2.22. The Labute approximate surface area is 154 Å². The van der Waals surface area contributed by atoms with Gasteiger partial charge in [0, 0.05) is 28.4 Å². The topological polar surface area (TPSA) is 95.2 Å². The molecule has 6 nitrogen and oxygen atoms in total. The zero-order valence-electron chi connectivity index (χ0n) is 14.4. The number of aromatic nitrogens is 2. The lowest BCUT2D eigenvalue weighted by molar-refractivity contribution is 0.0691. The second-order valence-corrected chi connectivity index (χ2v) is 6.12. The third-order valence-electron chi connectivity index (χ3n) is 4.40. The molecule has 2 heterocycles. The summed E-state index contributed by atoms with van der Waals surface area (Å²) in [7, 11) is 0. The van der Waals surface area contributed by atoms with Gasteiger partial charge in [-0.2, -0.15) is 0 Å². The standard InChI is InChI=1S/C21H16N2O4/c1-12-17-15(11-22-12)18(19(21(25)26)23-20(17)24)14-9-5-6-10-16(14)27-13-7-3-2-4-8-13/h2-11,22H,1H3,(H,23,24)(H,25,26). The molecule has 2 aromatic carbocycles. The number of H-pyrrole nitrogens is 2. The third kappa shape index (κ3) is 2.87. The average Bonchev–Trinajstić information content (AvgIpc) is 3.05. The number of para-hydroxylation sites is 2. The summed E-state index contributed by atoms with van der Waals surface area (Å²) in [5, 5.41) is 10.7. The van der Waals surface area contributed by atoms with Crippen molar-refractivity contribution in [3.63, 3.8) is 0 Å². The minimum Gasteiger partial charge on any atom is -0.477 e. The molecule has 0 saturated carbocycles. The Hall–Kier alpha value is -3.80. The molecule has 2 aromatic heterocycles. The van der Waals surface area contributed by atoms with Crippen LogP contribution in [-0.4, -0.2) is 21.0 Å². The molecule has 0 atom stereocenters. The number of benzene rings is 2. The van der Waals surface area contributed by atoms with Gasteiger partial charge < -0.3 is 19.8 Å². The minimum atomic E-state index is -1.21. The first-order chi connectivity index (χ1) is 13.1. The summed E-state index contributed by atoms with van der Waals surface area (Å²) in [5.74, 6) is -0.0801. The van der Waals surface area contributed by atoms with Gasteiger partial charge in [-0.25, -0.2) is 4.79 Å². The Morgan fingerprint density at radius 1 is 1.04 bits per heavy atom. The first kappa shape index (κ1) is 16.7. The number of hydrogen-bond donors (Lipinski definition) is 3. The fourth-order valence-electron chi connectivity index (χ4n) is 3.21. The smallest absolute Gasteiger partial charge is 0.353 e. The first-order valence-electron chi connectivity index (χ1n) is 8.36. The van der Waals surface area contributed by atoms with E-state index in [0.29, 0.717) is 39.1 Å². The lowest BCUT2D eigenvalue weighted by Crippen LogP contribution is -2.15. The van der Waals surface area contributed by atoms with Gasteiger partial charge in [-0.1, -0.05) is 36.4 Å². The molecule has 3 N–H and O–H groups in total. The monoisotopic (exact) mass is 360 g/mol. The van der Waals surface area contributed by atoms with Gasteiger partial charge in [-0.05, 0) is 25.1 Å². The van der Waals surface area contributed by atoms with Crippen LogP contribution in [-0.2, 0) is 0 Å². The fraction of sp³-hybridized carbons (Fsp3) is 0.0476. The summed E-state index contributed by atoms with van der Waals surface area (Å²) in [6.07, 6.45) is 1.65. The molecule has 0 saturated heterocycles. The normalized spacial score (nSPS) is 10.9. The van der Waals surface area contributed by atoms with E-state index in [9.17, 15) is 14.7 Å². The van der Waals surface area contributed by atoms with Crippen LogP contribution in [0.25, 0.3) is 21.9 Å². The number of carboxylic acid groups (broad SMARTS) is 1. The molecule has 0 aliphatic rings. The van der Waals surface area contributed by atoms with E-state index in [-0.39, 0.29) is 5.69 Å². The van der Waals surface area contributed by atoms with E-state index in [1.165, 1.54) is 0 Å². The van der Waals surface area contributed by atoms with Crippen molar-refractivity contribution in [2.45, 2.75) is 6.92 Å². The van der Waals surface area contributed by atoms with Crippen LogP contribution < -0.4 is 10.3 Å². The number of nitrogens with one attached hydrogen (secondary N) is 2. The maximum absolute atomic E-state index is 12.4. The molecule has 0 aliphatic carbocycles. The highest BCUT2D eigenvalue weighted by atomic mass is 16.5. The van der Waals surface area contributed by atoms with Gasteiger partial charge in [0.05, 0.1) is 5.39 Å². The third-order valence-corrected chi connectivity index (χ3v) is 4.40. The molecule has 0 spiro atoms.